The highest BCUT2D eigenvalue weighted by Gasteiger charge is 2.20. The molecule has 72 valence electrons. The molecule has 0 saturated heterocycles. The van der Waals surface area contributed by atoms with Crippen molar-refractivity contribution in [2.75, 3.05) is 0 Å². The third kappa shape index (κ3) is 2.02. The maximum Gasteiger partial charge on any atom is 0.179 e. The first-order valence-corrected chi connectivity index (χ1v) is 4.81. The molecule has 1 aromatic carbocycles. The van der Waals surface area contributed by atoms with E-state index in [1.807, 2.05) is 20.8 Å². The Morgan fingerprint density at radius 2 is 1.85 bits per heavy atom. The molecule has 0 spiro atoms. The predicted octanol–water partition coefficient (Wildman–Crippen LogP) is 3.59. The first-order valence-electron chi connectivity index (χ1n) is 4.01. The molecule has 1 nitrogen and oxygen atoms in total. The monoisotopic (exact) mass is 246 g/mol. The summed E-state index contributed by atoms with van der Waals surface area (Å²) in [6.45, 7) is 5.97. The largest absolute Gasteiger partial charge is 0.505 e. The molecule has 0 aliphatic rings. The quantitative estimate of drug-likeness (QED) is 0.742. The molecule has 0 radical (unpaired) electrons. The first kappa shape index (κ1) is 10.5. The van der Waals surface area contributed by atoms with Gasteiger partial charge in [0.05, 0.1) is 4.47 Å². The van der Waals surface area contributed by atoms with Crippen molar-refractivity contribution in [3.8, 4) is 5.75 Å². The molecular formula is C10H12BrFO. The normalized spacial score (nSPS) is 11.8. The van der Waals surface area contributed by atoms with E-state index in [1.165, 1.54) is 6.07 Å². The third-order valence-electron chi connectivity index (χ3n) is 1.87. The molecular weight excluding hydrogens is 235 g/mol. The van der Waals surface area contributed by atoms with Crippen molar-refractivity contribution < 1.29 is 9.50 Å². The van der Waals surface area contributed by atoms with Crippen LogP contribution in [0.2, 0.25) is 0 Å². The number of benzene rings is 1. The number of phenolic OH excluding ortho intramolecular Hbond substituents is 1. The lowest BCUT2D eigenvalue weighted by molar-refractivity contribution is 0.427. The minimum absolute atomic E-state index is 0.132. The summed E-state index contributed by atoms with van der Waals surface area (Å²) in [5.41, 5.74) is 0.718. The van der Waals surface area contributed by atoms with Gasteiger partial charge in [0.25, 0.3) is 0 Å². The Morgan fingerprint density at radius 3 is 2.31 bits per heavy atom. The van der Waals surface area contributed by atoms with Gasteiger partial charge in [-0.15, -0.1) is 0 Å². The summed E-state index contributed by atoms with van der Waals surface area (Å²) in [7, 11) is 0. The Morgan fingerprint density at radius 1 is 1.31 bits per heavy atom. The maximum atomic E-state index is 13.2. The van der Waals surface area contributed by atoms with Gasteiger partial charge >= 0.3 is 0 Å². The van der Waals surface area contributed by atoms with Crippen LogP contribution in [0, 0.1) is 5.82 Å². The molecule has 0 aromatic heterocycles. The van der Waals surface area contributed by atoms with Crippen LogP contribution >= 0.6 is 15.9 Å². The van der Waals surface area contributed by atoms with Gasteiger partial charge in [0, 0.05) is 0 Å². The standard InChI is InChI=1S/C10H12BrFO/c1-10(2,3)6-4-5-7(13)9(12)8(6)11/h4-5,13H,1-3H3. The van der Waals surface area contributed by atoms with Crippen molar-refractivity contribution in [1.82, 2.24) is 0 Å². The lowest BCUT2D eigenvalue weighted by Crippen LogP contribution is -2.12. The number of aromatic hydroxyl groups is 1. The van der Waals surface area contributed by atoms with Gasteiger partial charge in [0.2, 0.25) is 0 Å². The van der Waals surface area contributed by atoms with Crippen LogP contribution in [0.25, 0.3) is 0 Å². The van der Waals surface area contributed by atoms with Crippen molar-refractivity contribution in [2.45, 2.75) is 26.2 Å². The highest BCUT2D eigenvalue weighted by Crippen LogP contribution is 2.34. The molecule has 0 unspecified atom stereocenters. The summed E-state index contributed by atoms with van der Waals surface area (Å²) >= 11 is 3.13. The molecule has 0 aliphatic heterocycles. The second-order valence-corrected chi connectivity index (χ2v) is 4.80. The molecule has 0 saturated carbocycles. The molecule has 0 bridgehead atoms. The topological polar surface area (TPSA) is 20.2 Å². The van der Waals surface area contributed by atoms with Crippen molar-refractivity contribution in [1.29, 1.82) is 0 Å². The number of halogens is 2. The Balaban J connectivity index is 3.35. The van der Waals surface area contributed by atoms with Gasteiger partial charge in [-0.3, -0.25) is 0 Å². The fourth-order valence-corrected chi connectivity index (χ4v) is 2.05. The van der Waals surface area contributed by atoms with Crippen molar-refractivity contribution in [3.05, 3.63) is 28.0 Å². The minimum atomic E-state index is -0.590. The highest BCUT2D eigenvalue weighted by molar-refractivity contribution is 9.10. The van der Waals surface area contributed by atoms with Crippen molar-refractivity contribution in [2.24, 2.45) is 0 Å². The molecule has 0 aliphatic carbocycles. The molecule has 0 heterocycles. The van der Waals surface area contributed by atoms with E-state index in [0.717, 1.165) is 5.56 Å². The minimum Gasteiger partial charge on any atom is -0.505 e. The van der Waals surface area contributed by atoms with Crippen LogP contribution in [-0.2, 0) is 5.41 Å². The van der Waals surface area contributed by atoms with E-state index in [-0.39, 0.29) is 11.2 Å². The zero-order valence-electron chi connectivity index (χ0n) is 7.86. The van der Waals surface area contributed by atoms with Gasteiger partial charge in [-0.05, 0) is 33.0 Å². The smallest absolute Gasteiger partial charge is 0.179 e. The van der Waals surface area contributed by atoms with Gasteiger partial charge in [0.15, 0.2) is 11.6 Å². The van der Waals surface area contributed by atoms with Crippen LogP contribution in [-0.4, -0.2) is 5.11 Å². The summed E-state index contributed by atoms with van der Waals surface area (Å²) in [6.07, 6.45) is 0. The van der Waals surface area contributed by atoms with Crippen LogP contribution < -0.4 is 0 Å². The Labute approximate surface area is 85.7 Å². The summed E-state index contributed by atoms with van der Waals surface area (Å²) in [5.74, 6) is -0.910. The number of hydrogen-bond donors (Lipinski definition) is 1. The van der Waals surface area contributed by atoms with E-state index in [9.17, 15) is 4.39 Å². The van der Waals surface area contributed by atoms with E-state index in [2.05, 4.69) is 15.9 Å². The summed E-state index contributed by atoms with van der Waals surface area (Å²) in [4.78, 5) is 0. The van der Waals surface area contributed by atoms with E-state index in [1.54, 1.807) is 6.07 Å². The SMILES string of the molecule is CC(C)(C)c1ccc(O)c(F)c1Br. The molecule has 0 amide bonds. The molecule has 1 rings (SSSR count). The lowest BCUT2D eigenvalue weighted by atomic mass is 9.87. The molecule has 1 N–H and O–H groups in total. The second kappa shape index (κ2) is 3.29. The number of rotatable bonds is 0. The van der Waals surface area contributed by atoms with Gasteiger partial charge in [-0.25, -0.2) is 4.39 Å². The lowest BCUT2D eigenvalue weighted by Gasteiger charge is -2.21. The third-order valence-corrected chi connectivity index (χ3v) is 2.65. The Kier molecular flexibility index (Phi) is 2.66. The van der Waals surface area contributed by atoms with Gasteiger partial charge < -0.3 is 5.11 Å². The van der Waals surface area contributed by atoms with Crippen molar-refractivity contribution >= 4 is 15.9 Å². The van der Waals surface area contributed by atoms with Crippen molar-refractivity contribution in [3.63, 3.8) is 0 Å². The van der Waals surface area contributed by atoms with Crippen LogP contribution in [0.3, 0.4) is 0 Å². The molecule has 1 aromatic rings. The van der Waals surface area contributed by atoms with Gasteiger partial charge in [0.1, 0.15) is 0 Å². The Bertz CT molecular complexity index is 328. The van der Waals surface area contributed by atoms with E-state index in [0.29, 0.717) is 4.47 Å². The summed E-state index contributed by atoms with van der Waals surface area (Å²) < 4.78 is 13.6. The van der Waals surface area contributed by atoms with Crippen LogP contribution in [0.4, 0.5) is 4.39 Å². The average Bonchev–Trinajstić information content (AvgIpc) is 1.98. The molecule has 13 heavy (non-hydrogen) atoms. The average molecular weight is 247 g/mol. The van der Waals surface area contributed by atoms with Gasteiger partial charge in [-0.1, -0.05) is 26.8 Å². The molecule has 3 heteroatoms. The zero-order chi connectivity index (χ0) is 10.2. The van der Waals surface area contributed by atoms with E-state index < -0.39 is 5.82 Å². The Hall–Kier alpha value is -0.570. The number of hydrogen-bond acceptors (Lipinski definition) is 1. The van der Waals surface area contributed by atoms with E-state index in [4.69, 9.17) is 5.11 Å². The number of phenols is 1. The maximum absolute atomic E-state index is 13.2. The van der Waals surface area contributed by atoms with E-state index >= 15 is 0 Å². The predicted molar refractivity (Wildman–Crippen MR) is 54.5 cm³/mol. The van der Waals surface area contributed by atoms with Crippen LogP contribution in [0.15, 0.2) is 16.6 Å². The summed E-state index contributed by atoms with van der Waals surface area (Å²) in [6, 6.07) is 3.10. The van der Waals surface area contributed by atoms with Crippen LogP contribution in [0.1, 0.15) is 26.3 Å². The van der Waals surface area contributed by atoms with Gasteiger partial charge in [-0.2, -0.15) is 0 Å². The molecule has 0 atom stereocenters. The molecule has 0 fully saturated rings. The highest BCUT2D eigenvalue weighted by atomic mass is 79.9. The summed E-state index contributed by atoms with van der Waals surface area (Å²) in [5, 5.41) is 9.09. The van der Waals surface area contributed by atoms with Crippen LogP contribution in [0.5, 0.6) is 5.75 Å². The fourth-order valence-electron chi connectivity index (χ4n) is 1.12. The fraction of sp³-hybridized carbons (Fsp3) is 0.400. The second-order valence-electron chi connectivity index (χ2n) is 4.01. The zero-order valence-corrected chi connectivity index (χ0v) is 9.44. The first-order chi connectivity index (χ1) is 5.84.